The van der Waals surface area contributed by atoms with Gasteiger partial charge in [-0.1, -0.05) is 30.3 Å². The van der Waals surface area contributed by atoms with Crippen molar-refractivity contribution in [2.45, 2.75) is 25.6 Å². The molecule has 7 heteroatoms. The molecule has 25 heavy (non-hydrogen) atoms. The summed E-state index contributed by atoms with van der Waals surface area (Å²) < 4.78 is 2.06. The minimum atomic E-state index is -0.880. The van der Waals surface area contributed by atoms with E-state index < -0.39 is 12.0 Å². The number of imidazole rings is 2. The van der Waals surface area contributed by atoms with Crippen LogP contribution in [0.3, 0.4) is 0 Å². The predicted octanol–water partition coefficient (Wildman–Crippen LogP) is 1.84. The third-order valence-electron chi connectivity index (χ3n) is 4.60. The predicted molar refractivity (Wildman–Crippen MR) is 90.8 cm³/mol. The molecule has 0 unspecified atom stereocenters. The van der Waals surface area contributed by atoms with Gasteiger partial charge in [0.25, 0.3) is 0 Å². The number of aromatic nitrogens is 4. The standard InChI is InChI=1S/C18H19N5O2/c24-18(25)17-16-14(20-12-21-16)6-8-23(17)11-15-19-7-9-22(15)10-13-4-2-1-3-5-13/h1-5,7,9,12,17H,6,8,10-11H2,(H,20,21)(H,24,25)/t17-/m0/s1. The van der Waals surface area contributed by atoms with Gasteiger partial charge in [0.2, 0.25) is 0 Å². The number of hydrogen-bond acceptors (Lipinski definition) is 4. The van der Waals surface area contributed by atoms with Gasteiger partial charge in [-0.05, 0) is 5.56 Å². The molecule has 0 saturated carbocycles. The van der Waals surface area contributed by atoms with Gasteiger partial charge < -0.3 is 14.7 Å². The molecule has 3 aromatic rings. The number of nitrogens with one attached hydrogen (secondary N) is 1. The van der Waals surface area contributed by atoms with Gasteiger partial charge in [-0.3, -0.25) is 9.69 Å². The van der Waals surface area contributed by atoms with Crippen molar-refractivity contribution in [1.29, 1.82) is 0 Å². The van der Waals surface area contributed by atoms with E-state index in [1.807, 2.05) is 29.3 Å². The fourth-order valence-corrected chi connectivity index (χ4v) is 3.37. The highest BCUT2D eigenvalue weighted by atomic mass is 16.4. The molecule has 0 spiro atoms. The summed E-state index contributed by atoms with van der Waals surface area (Å²) in [5, 5.41) is 9.68. The second-order valence-electron chi connectivity index (χ2n) is 6.18. The normalized spacial score (nSPS) is 17.4. The Bertz CT molecular complexity index is 870. The summed E-state index contributed by atoms with van der Waals surface area (Å²) in [5.41, 5.74) is 2.71. The smallest absolute Gasteiger partial charge is 0.327 e. The number of carboxylic acid groups (broad SMARTS) is 1. The van der Waals surface area contributed by atoms with E-state index in [2.05, 4.69) is 31.7 Å². The fraction of sp³-hybridized carbons (Fsp3) is 0.278. The molecular weight excluding hydrogens is 318 g/mol. The van der Waals surface area contributed by atoms with Gasteiger partial charge in [-0.2, -0.15) is 0 Å². The highest BCUT2D eigenvalue weighted by molar-refractivity contribution is 5.75. The zero-order chi connectivity index (χ0) is 17.2. The Labute approximate surface area is 145 Å². The van der Waals surface area contributed by atoms with Crippen molar-refractivity contribution in [1.82, 2.24) is 24.4 Å². The van der Waals surface area contributed by atoms with Gasteiger partial charge in [0.15, 0.2) is 6.04 Å². The van der Waals surface area contributed by atoms with Gasteiger partial charge >= 0.3 is 5.97 Å². The molecule has 2 aromatic heterocycles. The van der Waals surface area contributed by atoms with Crippen molar-refractivity contribution < 1.29 is 9.90 Å². The van der Waals surface area contributed by atoms with Crippen LogP contribution in [0.2, 0.25) is 0 Å². The van der Waals surface area contributed by atoms with Crippen LogP contribution in [0.25, 0.3) is 0 Å². The first-order chi connectivity index (χ1) is 12.2. The Morgan fingerprint density at radius 3 is 2.88 bits per heavy atom. The van der Waals surface area contributed by atoms with Crippen LogP contribution < -0.4 is 0 Å². The van der Waals surface area contributed by atoms with Crippen LogP contribution in [0.5, 0.6) is 0 Å². The summed E-state index contributed by atoms with van der Waals surface area (Å²) >= 11 is 0. The topological polar surface area (TPSA) is 87.0 Å². The van der Waals surface area contributed by atoms with Crippen molar-refractivity contribution in [2.24, 2.45) is 0 Å². The molecule has 0 amide bonds. The molecule has 2 N–H and O–H groups in total. The van der Waals surface area contributed by atoms with Gasteiger partial charge in [-0.25, -0.2) is 9.97 Å². The number of aliphatic carboxylic acids is 1. The largest absolute Gasteiger partial charge is 0.480 e. The number of carbonyl (C=O) groups is 1. The third-order valence-corrected chi connectivity index (χ3v) is 4.60. The van der Waals surface area contributed by atoms with Crippen molar-refractivity contribution >= 4 is 5.97 Å². The van der Waals surface area contributed by atoms with Crippen LogP contribution in [-0.4, -0.2) is 42.0 Å². The second kappa shape index (κ2) is 6.52. The quantitative estimate of drug-likeness (QED) is 0.742. The average Bonchev–Trinajstić information content (AvgIpc) is 3.25. The van der Waals surface area contributed by atoms with Gasteiger partial charge in [0, 0.05) is 37.6 Å². The van der Waals surface area contributed by atoms with E-state index in [9.17, 15) is 9.90 Å². The first kappa shape index (κ1) is 15.6. The molecule has 0 radical (unpaired) electrons. The minimum absolute atomic E-state index is 0.475. The number of aromatic amines is 1. The van der Waals surface area contributed by atoms with E-state index in [0.29, 0.717) is 18.8 Å². The molecule has 1 aliphatic rings. The SMILES string of the molecule is O=C(O)[C@@H]1c2nc[nH]c2CCN1Cc1nccn1Cc1ccccc1. The molecule has 0 aliphatic carbocycles. The molecular formula is C18H19N5O2. The number of nitrogens with zero attached hydrogens (tertiary/aromatic N) is 4. The molecule has 1 aromatic carbocycles. The minimum Gasteiger partial charge on any atom is -0.480 e. The Morgan fingerprint density at radius 1 is 1.24 bits per heavy atom. The van der Waals surface area contributed by atoms with E-state index in [1.54, 1.807) is 12.5 Å². The van der Waals surface area contributed by atoms with Crippen molar-refractivity contribution in [3.8, 4) is 0 Å². The number of H-pyrrole nitrogens is 1. The molecule has 1 atom stereocenters. The highest BCUT2D eigenvalue weighted by Gasteiger charge is 2.35. The second-order valence-corrected chi connectivity index (χ2v) is 6.18. The van der Waals surface area contributed by atoms with Crippen LogP contribution in [0.4, 0.5) is 0 Å². The summed E-state index contributed by atoms with van der Waals surface area (Å²) in [4.78, 5) is 25.4. The number of benzene rings is 1. The van der Waals surface area contributed by atoms with Gasteiger partial charge in [0.1, 0.15) is 5.82 Å². The highest BCUT2D eigenvalue weighted by Crippen LogP contribution is 2.28. The maximum Gasteiger partial charge on any atom is 0.327 e. The van der Waals surface area contributed by atoms with Crippen molar-refractivity contribution in [3.63, 3.8) is 0 Å². The maximum absolute atomic E-state index is 11.8. The zero-order valence-corrected chi connectivity index (χ0v) is 13.7. The number of carboxylic acids is 1. The summed E-state index contributed by atoms with van der Waals surface area (Å²) in [7, 11) is 0. The molecule has 7 nitrogen and oxygen atoms in total. The summed E-state index contributed by atoms with van der Waals surface area (Å²) in [6, 6.07) is 9.41. The molecule has 0 fully saturated rings. The molecule has 3 heterocycles. The number of rotatable bonds is 5. The summed E-state index contributed by atoms with van der Waals surface area (Å²) in [5.74, 6) is -0.0247. The molecule has 0 bridgehead atoms. The first-order valence-corrected chi connectivity index (χ1v) is 8.25. The van der Waals surface area contributed by atoms with E-state index >= 15 is 0 Å². The van der Waals surface area contributed by atoms with Crippen LogP contribution in [0.15, 0.2) is 49.1 Å². The Balaban J connectivity index is 1.57. The van der Waals surface area contributed by atoms with Gasteiger partial charge in [0.05, 0.1) is 18.6 Å². The van der Waals surface area contributed by atoms with E-state index in [0.717, 1.165) is 24.5 Å². The first-order valence-electron chi connectivity index (χ1n) is 8.25. The van der Waals surface area contributed by atoms with E-state index in [1.165, 1.54) is 5.56 Å². The summed E-state index contributed by atoms with van der Waals surface area (Å²) in [6.45, 7) is 1.85. The number of hydrogen-bond donors (Lipinski definition) is 2. The number of fused-ring (bicyclic) bond motifs is 1. The molecule has 0 saturated heterocycles. The van der Waals surface area contributed by atoms with Gasteiger partial charge in [-0.15, -0.1) is 0 Å². The lowest BCUT2D eigenvalue weighted by Crippen LogP contribution is -2.40. The van der Waals surface area contributed by atoms with Crippen LogP contribution in [0, 0.1) is 0 Å². The third kappa shape index (κ3) is 3.06. The molecule has 4 rings (SSSR count). The lowest BCUT2D eigenvalue weighted by atomic mass is 10.0. The zero-order valence-electron chi connectivity index (χ0n) is 13.7. The molecule has 128 valence electrons. The molecule has 1 aliphatic heterocycles. The van der Waals surface area contributed by atoms with Crippen LogP contribution in [-0.2, 0) is 24.3 Å². The lowest BCUT2D eigenvalue weighted by molar-refractivity contribution is -0.144. The van der Waals surface area contributed by atoms with Crippen molar-refractivity contribution in [2.75, 3.05) is 6.54 Å². The van der Waals surface area contributed by atoms with Crippen LogP contribution >= 0.6 is 0 Å². The monoisotopic (exact) mass is 337 g/mol. The Kier molecular flexibility index (Phi) is 4.07. The average molecular weight is 337 g/mol. The van der Waals surface area contributed by atoms with E-state index in [-0.39, 0.29) is 0 Å². The van der Waals surface area contributed by atoms with Crippen molar-refractivity contribution in [3.05, 3.63) is 71.8 Å². The van der Waals surface area contributed by atoms with Crippen LogP contribution in [0.1, 0.15) is 28.8 Å². The summed E-state index contributed by atoms with van der Waals surface area (Å²) in [6.07, 6.45) is 6.03. The fourth-order valence-electron chi connectivity index (χ4n) is 3.37. The Morgan fingerprint density at radius 2 is 2.08 bits per heavy atom. The Hall–Kier alpha value is -2.93. The maximum atomic E-state index is 11.8. The van der Waals surface area contributed by atoms with E-state index in [4.69, 9.17) is 0 Å². The lowest BCUT2D eigenvalue weighted by Gasteiger charge is -2.31.